The minimum Gasteiger partial charge on any atom is -0.508 e. The molecule has 2 aromatic rings. The molecule has 19 heavy (non-hydrogen) atoms. The average molecular weight is 324 g/mol. The molecule has 5 heteroatoms. The number of amides is 1. The first-order valence-corrected chi connectivity index (χ1v) is 6.33. The van der Waals surface area contributed by atoms with Crippen molar-refractivity contribution < 1.29 is 14.3 Å². The van der Waals surface area contributed by atoms with Crippen LogP contribution in [0.1, 0.15) is 15.9 Å². The van der Waals surface area contributed by atoms with Gasteiger partial charge in [0, 0.05) is 15.7 Å². The number of halogens is 2. The Balaban J connectivity index is 2.28. The molecule has 1 amide bonds. The largest absolute Gasteiger partial charge is 0.508 e. The van der Waals surface area contributed by atoms with Gasteiger partial charge in [-0.25, -0.2) is 4.39 Å². The number of benzene rings is 2. The third-order valence-corrected chi connectivity index (χ3v) is 3.22. The zero-order valence-corrected chi connectivity index (χ0v) is 11.7. The van der Waals surface area contributed by atoms with Crippen LogP contribution < -0.4 is 5.32 Å². The zero-order chi connectivity index (χ0) is 14.0. The summed E-state index contributed by atoms with van der Waals surface area (Å²) in [4.78, 5) is 12.0. The number of hydrogen-bond acceptors (Lipinski definition) is 2. The molecule has 0 aromatic heterocycles. The normalized spacial score (nSPS) is 10.3. The fraction of sp³-hybridized carbons (Fsp3) is 0.0714. The summed E-state index contributed by atoms with van der Waals surface area (Å²) in [5.74, 6) is -1.09. The minimum absolute atomic E-state index is 0.0501. The van der Waals surface area contributed by atoms with E-state index in [0.29, 0.717) is 15.7 Å². The van der Waals surface area contributed by atoms with Gasteiger partial charge < -0.3 is 10.4 Å². The summed E-state index contributed by atoms with van der Waals surface area (Å²) < 4.78 is 14.2. The monoisotopic (exact) mass is 323 g/mol. The van der Waals surface area contributed by atoms with Gasteiger partial charge in [0.05, 0.1) is 5.56 Å². The van der Waals surface area contributed by atoms with Crippen molar-refractivity contribution in [2.45, 2.75) is 6.92 Å². The van der Waals surface area contributed by atoms with Crippen molar-refractivity contribution in [2.75, 3.05) is 5.32 Å². The fourth-order valence-corrected chi connectivity index (χ4v) is 1.96. The highest BCUT2D eigenvalue weighted by Gasteiger charge is 2.13. The molecule has 0 aliphatic heterocycles. The molecule has 0 atom stereocenters. The molecule has 0 saturated heterocycles. The van der Waals surface area contributed by atoms with Crippen molar-refractivity contribution >= 4 is 27.5 Å². The molecular weight excluding hydrogens is 313 g/mol. The molecule has 0 saturated carbocycles. The number of aromatic hydroxyl groups is 1. The molecule has 3 nitrogen and oxygen atoms in total. The molecule has 0 fully saturated rings. The highest BCUT2D eigenvalue weighted by atomic mass is 79.9. The van der Waals surface area contributed by atoms with E-state index in [0.717, 1.165) is 0 Å². The standard InChI is InChI=1S/C14H11BrFNO2/c1-8-12(3-2-4-13(8)18)17-14(19)10-6-5-9(15)7-11(10)16/h2-7,18H,1H3,(H,17,19). The van der Waals surface area contributed by atoms with Gasteiger partial charge in [-0.15, -0.1) is 0 Å². The number of nitrogens with one attached hydrogen (secondary N) is 1. The Morgan fingerprint density at radius 2 is 2.05 bits per heavy atom. The number of carbonyl (C=O) groups is 1. The summed E-state index contributed by atoms with van der Waals surface area (Å²) >= 11 is 3.13. The van der Waals surface area contributed by atoms with Crippen molar-refractivity contribution in [1.29, 1.82) is 0 Å². The predicted octanol–water partition coefficient (Wildman–Crippen LogP) is 3.85. The van der Waals surface area contributed by atoms with Crippen LogP contribution in [0.5, 0.6) is 5.75 Å². The first-order valence-electron chi connectivity index (χ1n) is 5.54. The Labute approximate surface area is 118 Å². The molecule has 98 valence electrons. The summed E-state index contributed by atoms with van der Waals surface area (Å²) in [5, 5.41) is 12.1. The van der Waals surface area contributed by atoms with Crippen molar-refractivity contribution in [2.24, 2.45) is 0 Å². The molecule has 0 spiro atoms. The molecule has 0 bridgehead atoms. The van der Waals surface area contributed by atoms with Crippen LogP contribution in [-0.2, 0) is 0 Å². The summed E-state index contributed by atoms with van der Waals surface area (Å²) in [6, 6.07) is 8.98. The number of carbonyl (C=O) groups excluding carboxylic acids is 1. The Kier molecular flexibility index (Phi) is 3.85. The van der Waals surface area contributed by atoms with Gasteiger partial charge in [0.25, 0.3) is 5.91 Å². The maximum Gasteiger partial charge on any atom is 0.258 e. The maximum absolute atomic E-state index is 13.6. The van der Waals surface area contributed by atoms with E-state index in [9.17, 15) is 14.3 Å². The highest BCUT2D eigenvalue weighted by Crippen LogP contribution is 2.25. The third-order valence-electron chi connectivity index (χ3n) is 2.73. The van der Waals surface area contributed by atoms with Gasteiger partial charge in [-0.3, -0.25) is 4.79 Å². The highest BCUT2D eigenvalue weighted by molar-refractivity contribution is 9.10. The third kappa shape index (κ3) is 2.93. The summed E-state index contributed by atoms with van der Waals surface area (Å²) in [6.07, 6.45) is 0. The second kappa shape index (κ2) is 5.40. The van der Waals surface area contributed by atoms with Gasteiger partial charge in [-0.1, -0.05) is 22.0 Å². The Hall–Kier alpha value is -1.88. The zero-order valence-electron chi connectivity index (χ0n) is 10.1. The number of anilines is 1. The van der Waals surface area contributed by atoms with Crippen LogP contribution in [-0.4, -0.2) is 11.0 Å². The van der Waals surface area contributed by atoms with Crippen molar-refractivity contribution in [3.63, 3.8) is 0 Å². The van der Waals surface area contributed by atoms with Crippen LogP contribution in [0.25, 0.3) is 0 Å². The molecule has 0 aliphatic carbocycles. The lowest BCUT2D eigenvalue weighted by atomic mass is 10.1. The Morgan fingerprint density at radius 3 is 2.74 bits per heavy atom. The fourth-order valence-electron chi connectivity index (χ4n) is 1.62. The Bertz CT molecular complexity index is 643. The maximum atomic E-state index is 13.6. The topological polar surface area (TPSA) is 49.3 Å². The average Bonchev–Trinajstić information content (AvgIpc) is 2.34. The van der Waals surface area contributed by atoms with E-state index in [2.05, 4.69) is 21.2 Å². The van der Waals surface area contributed by atoms with Gasteiger partial charge in [0.2, 0.25) is 0 Å². The molecule has 2 rings (SSSR count). The van der Waals surface area contributed by atoms with Gasteiger partial charge in [0.15, 0.2) is 0 Å². The van der Waals surface area contributed by atoms with Crippen molar-refractivity contribution in [3.8, 4) is 5.75 Å². The lowest BCUT2D eigenvalue weighted by Crippen LogP contribution is -2.14. The first kappa shape index (κ1) is 13.5. The summed E-state index contributed by atoms with van der Waals surface area (Å²) in [6.45, 7) is 1.67. The van der Waals surface area contributed by atoms with Gasteiger partial charge in [-0.2, -0.15) is 0 Å². The summed E-state index contributed by atoms with van der Waals surface area (Å²) in [5.41, 5.74) is 0.937. The van der Waals surface area contributed by atoms with E-state index < -0.39 is 11.7 Å². The van der Waals surface area contributed by atoms with Crippen LogP contribution >= 0.6 is 15.9 Å². The predicted molar refractivity (Wildman–Crippen MR) is 74.9 cm³/mol. The SMILES string of the molecule is Cc1c(O)cccc1NC(=O)c1ccc(Br)cc1F. The van der Waals surface area contributed by atoms with E-state index in [4.69, 9.17) is 0 Å². The smallest absolute Gasteiger partial charge is 0.258 e. The van der Waals surface area contributed by atoms with E-state index >= 15 is 0 Å². The van der Waals surface area contributed by atoms with E-state index in [1.165, 1.54) is 18.2 Å². The van der Waals surface area contributed by atoms with Crippen molar-refractivity contribution in [1.82, 2.24) is 0 Å². The molecule has 2 aromatic carbocycles. The molecule has 2 N–H and O–H groups in total. The summed E-state index contributed by atoms with van der Waals surface area (Å²) in [7, 11) is 0. The van der Waals surface area contributed by atoms with Gasteiger partial charge >= 0.3 is 0 Å². The number of rotatable bonds is 2. The first-order chi connectivity index (χ1) is 8.99. The van der Waals surface area contributed by atoms with Gasteiger partial charge in [0.1, 0.15) is 11.6 Å². The van der Waals surface area contributed by atoms with Crippen LogP contribution in [0.4, 0.5) is 10.1 Å². The number of phenols is 1. The molecule has 0 radical (unpaired) electrons. The van der Waals surface area contributed by atoms with E-state index in [1.54, 1.807) is 25.1 Å². The van der Waals surface area contributed by atoms with Crippen LogP contribution in [0, 0.1) is 12.7 Å². The second-order valence-corrected chi connectivity index (χ2v) is 4.94. The minimum atomic E-state index is -0.607. The van der Waals surface area contributed by atoms with Crippen molar-refractivity contribution in [3.05, 3.63) is 57.8 Å². The van der Waals surface area contributed by atoms with Crippen LogP contribution in [0.3, 0.4) is 0 Å². The second-order valence-electron chi connectivity index (χ2n) is 4.03. The van der Waals surface area contributed by atoms with Gasteiger partial charge in [-0.05, 0) is 37.3 Å². The van der Waals surface area contributed by atoms with E-state index in [-0.39, 0.29) is 11.3 Å². The quantitative estimate of drug-likeness (QED) is 0.881. The number of phenolic OH excluding ortho intramolecular Hbond substituents is 1. The lowest BCUT2D eigenvalue weighted by Gasteiger charge is -2.10. The number of hydrogen-bond donors (Lipinski definition) is 2. The van der Waals surface area contributed by atoms with E-state index in [1.807, 2.05) is 0 Å². The molecule has 0 aliphatic rings. The molecule has 0 unspecified atom stereocenters. The van der Waals surface area contributed by atoms with Crippen LogP contribution in [0.2, 0.25) is 0 Å². The van der Waals surface area contributed by atoms with Crippen LogP contribution in [0.15, 0.2) is 40.9 Å². The lowest BCUT2D eigenvalue weighted by molar-refractivity contribution is 0.102. The molecular formula is C14H11BrFNO2. The molecule has 0 heterocycles. The Morgan fingerprint density at radius 1 is 1.32 bits per heavy atom.